The SMILES string of the molecule is CC1(NCc2sc3ccccc3c2Cl)CCCOC1. The summed E-state index contributed by atoms with van der Waals surface area (Å²) in [6, 6.07) is 8.31. The van der Waals surface area contributed by atoms with Gasteiger partial charge in [-0.2, -0.15) is 0 Å². The normalized spacial score (nSPS) is 23.9. The van der Waals surface area contributed by atoms with Crippen LogP contribution in [0.4, 0.5) is 0 Å². The first-order valence-electron chi connectivity index (χ1n) is 6.67. The molecule has 0 spiro atoms. The third-order valence-corrected chi connectivity index (χ3v) is 5.43. The van der Waals surface area contributed by atoms with Crippen molar-refractivity contribution in [1.82, 2.24) is 5.32 Å². The van der Waals surface area contributed by atoms with E-state index in [-0.39, 0.29) is 5.54 Å². The van der Waals surface area contributed by atoms with E-state index >= 15 is 0 Å². The minimum absolute atomic E-state index is 0.0811. The summed E-state index contributed by atoms with van der Waals surface area (Å²) in [5.41, 5.74) is 0.0811. The van der Waals surface area contributed by atoms with Gasteiger partial charge in [0.05, 0.1) is 11.6 Å². The minimum atomic E-state index is 0.0811. The zero-order chi connectivity index (χ0) is 13.3. The first kappa shape index (κ1) is 13.4. The molecule has 1 unspecified atom stereocenters. The van der Waals surface area contributed by atoms with Gasteiger partial charge in [-0.25, -0.2) is 0 Å². The van der Waals surface area contributed by atoms with E-state index in [0.717, 1.165) is 43.0 Å². The Morgan fingerprint density at radius 2 is 2.26 bits per heavy atom. The molecule has 0 radical (unpaired) electrons. The molecule has 1 aromatic heterocycles. The van der Waals surface area contributed by atoms with Crippen LogP contribution >= 0.6 is 22.9 Å². The summed E-state index contributed by atoms with van der Waals surface area (Å²) < 4.78 is 6.83. The molecule has 1 N–H and O–H groups in total. The number of hydrogen-bond acceptors (Lipinski definition) is 3. The molecule has 0 bridgehead atoms. The zero-order valence-electron chi connectivity index (χ0n) is 11.0. The molecule has 1 fully saturated rings. The van der Waals surface area contributed by atoms with Crippen molar-refractivity contribution >= 4 is 33.0 Å². The molecule has 2 heterocycles. The lowest BCUT2D eigenvalue weighted by Crippen LogP contribution is -2.48. The molecule has 2 nitrogen and oxygen atoms in total. The summed E-state index contributed by atoms with van der Waals surface area (Å²) in [4.78, 5) is 1.22. The molecule has 0 amide bonds. The molecule has 0 aliphatic carbocycles. The Labute approximate surface area is 122 Å². The molecule has 1 aliphatic rings. The lowest BCUT2D eigenvalue weighted by atomic mass is 9.95. The van der Waals surface area contributed by atoms with Crippen LogP contribution in [-0.4, -0.2) is 18.8 Å². The van der Waals surface area contributed by atoms with Crippen LogP contribution in [0.2, 0.25) is 5.02 Å². The van der Waals surface area contributed by atoms with Crippen LogP contribution in [-0.2, 0) is 11.3 Å². The van der Waals surface area contributed by atoms with E-state index in [1.807, 2.05) is 6.07 Å². The van der Waals surface area contributed by atoms with Crippen molar-refractivity contribution in [3.63, 3.8) is 0 Å². The molecule has 1 aromatic carbocycles. The van der Waals surface area contributed by atoms with E-state index in [1.165, 1.54) is 9.58 Å². The van der Waals surface area contributed by atoms with Crippen molar-refractivity contribution in [2.45, 2.75) is 31.8 Å². The molecule has 1 atom stereocenters. The van der Waals surface area contributed by atoms with E-state index in [1.54, 1.807) is 11.3 Å². The lowest BCUT2D eigenvalue weighted by Gasteiger charge is -2.34. The van der Waals surface area contributed by atoms with Gasteiger partial charge in [0.1, 0.15) is 0 Å². The maximum absolute atomic E-state index is 6.46. The van der Waals surface area contributed by atoms with Crippen LogP contribution in [0.1, 0.15) is 24.6 Å². The van der Waals surface area contributed by atoms with Crippen LogP contribution in [0, 0.1) is 0 Å². The topological polar surface area (TPSA) is 21.3 Å². The van der Waals surface area contributed by atoms with E-state index < -0.39 is 0 Å². The number of fused-ring (bicyclic) bond motifs is 1. The van der Waals surface area contributed by atoms with Crippen LogP contribution in [0.15, 0.2) is 24.3 Å². The van der Waals surface area contributed by atoms with Crippen molar-refractivity contribution in [1.29, 1.82) is 0 Å². The van der Waals surface area contributed by atoms with Gasteiger partial charge in [0.25, 0.3) is 0 Å². The highest BCUT2D eigenvalue weighted by molar-refractivity contribution is 7.19. The standard InChI is InChI=1S/C15H18ClNOS/c1-15(7-4-8-18-10-15)17-9-13-14(16)11-5-2-3-6-12(11)19-13/h2-3,5-6,17H,4,7-10H2,1H3. The summed E-state index contributed by atoms with van der Waals surface area (Å²) in [5.74, 6) is 0. The maximum Gasteiger partial charge on any atom is 0.0645 e. The van der Waals surface area contributed by atoms with Gasteiger partial charge in [-0.15, -0.1) is 11.3 Å². The zero-order valence-corrected chi connectivity index (χ0v) is 12.6. The second-order valence-electron chi connectivity index (χ2n) is 5.41. The lowest BCUT2D eigenvalue weighted by molar-refractivity contribution is 0.0279. The second kappa shape index (κ2) is 5.41. The highest BCUT2D eigenvalue weighted by Crippen LogP contribution is 2.35. The summed E-state index contributed by atoms with van der Waals surface area (Å²) in [7, 11) is 0. The number of thiophene rings is 1. The fourth-order valence-corrected chi connectivity index (χ4v) is 3.98. The van der Waals surface area contributed by atoms with Gasteiger partial charge >= 0.3 is 0 Å². The van der Waals surface area contributed by atoms with Crippen LogP contribution in [0.25, 0.3) is 10.1 Å². The molecule has 1 aliphatic heterocycles. The molecule has 4 heteroatoms. The largest absolute Gasteiger partial charge is 0.380 e. The molecular formula is C15H18ClNOS. The van der Waals surface area contributed by atoms with Crippen LogP contribution < -0.4 is 5.32 Å². The monoisotopic (exact) mass is 295 g/mol. The number of hydrogen-bond donors (Lipinski definition) is 1. The Morgan fingerprint density at radius 3 is 3.00 bits per heavy atom. The second-order valence-corrected chi connectivity index (χ2v) is 6.92. The van der Waals surface area contributed by atoms with Gasteiger partial charge in [-0.05, 0) is 25.8 Å². The number of rotatable bonds is 3. The van der Waals surface area contributed by atoms with Crippen LogP contribution in [0.3, 0.4) is 0 Å². The third-order valence-electron chi connectivity index (χ3n) is 3.72. The van der Waals surface area contributed by atoms with Crippen molar-refractivity contribution in [2.75, 3.05) is 13.2 Å². The Hall–Kier alpha value is -0.610. The highest BCUT2D eigenvalue weighted by Gasteiger charge is 2.27. The molecule has 19 heavy (non-hydrogen) atoms. The van der Waals surface area contributed by atoms with E-state index in [4.69, 9.17) is 16.3 Å². The molecule has 2 aromatic rings. The number of halogens is 1. The van der Waals surface area contributed by atoms with Gasteiger partial charge in [-0.3, -0.25) is 0 Å². The predicted octanol–water partition coefficient (Wildman–Crippen LogP) is 4.21. The Kier molecular flexibility index (Phi) is 3.81. The molecule has 3 rings (SSSR count). The number of ether oxygens (including phenoxy) is 1. The highest BCUT2D eigenvalue weighted by atomic mass is 35.5. The molecule has 1 saturated heterocycles. The number of nitrogens with one attached hydrogen (secondary N) is 1. The van der Waals surface area contributed by atoms with Gasteiger partial charge in [-0.1, -0.05) is 29.8 Å². The number of benzene rings is 1. The maximum atomic E-state index is 6.46. The first-order valence-corrected chi connectivity index (χ1v) is 7.86. The fraction of sp³-hybridized carbons (Fsp3) is 0.467. The van der Waals surface area contributed by atoms with Gasteiger partial charge in [0.15, 0.2) is 0 Å². The summed E-state index contributed by atoms with van der Waals surface area (Å²) in [5, 5.41) is 5.68. The Morgan fingerprint density at radius 1 is 1.42 bits per heavy atom. The van der Waals surface area contributed by atoms with Crippen molar-refractivity contribution in [3.05, 3.63) is 34.2 Å². The third kappa shape index (κ3) is 2.79. The van der Waals surface area contributed by atoms with E-state index in [0.29, 0.717) is 0 Å². The smallest absolute Gasteiger partial charge is 0.0645 e. The van der Waals surface area contributed by atoms with Crippen molar-refractivity contribution in [3.8, 4) is 0 Å². The summed E-state index contributed by atoms with van der Waals surface area (Å²) in [6.45, 7) is 4.72. The van der Waals surface area contributed by atoms with Gasteiger partial charge < -0.3 is 10.1 Å². The first-order chi connectivity index (χ1) is 9.18. The average molecular weight is 296 g/mol. The quantitative estimate of drug-likeness (QED) is 0.916. The van der Waals surface area contributed by atoms with E-state index in [9.17, 15) is 0 Å². The van der Waals surface area contributed by atoms with Gasteiger partial charge in [0.2, 0.25) is 0 Å². The predicted molar refractivity (Wildman–Crippen MR) is 82.1 cm³/mol. The van der Waals surface area contributed by atoms with Crippen LogP contribution in [0.5, 0.6) is 0 Å². The minimum Gasteiger partial charge on any atom is -0.380 e. The fourth-order valence-electron chi connectivity index (χ4n) is 2.55. The van der Waals surface area contributed by atoms with Crippen molar-refractivity contribution < 1.29 is 4.74 Å². The average Bonchev–Trinajstić information content (AvgIpc) is 2.75. The van der Waals surface area contributed by atoms with Gasteiger partial charge in [0, 0.05) is 33.7 Å². The molecule has 0 saturated carbocycles. The summed E-state index contributed by atoms with van der Waals surface area (Å²) >= 11 is 8.24. The Bertz CT molecular complexity index is 575. The molecular weight excluding hydrogens is 278 g/mol. The Balaban J connectivity index is 1.76. The molecule has 102 valence electrons. The summed E-state index contributed by atoms with van der Waals surface area (Å²) in [6.07, 6.45) is 2.29. The van der Waals surface area contributed by atoms with Crippen molar-refractivity contribution in [2.24, 2.45) is 0 Å². The van der Waals surface area contributed by atoms with E-state index in [2.05, 4.69) is 30.4 Å².